The number of sulfonamides is 1. The fraction of sp³-hybridized carbons (Fsp3) is 0.417. The minimum Gasteiger partial charge on any atom is -0.480 e. The Balaban J connectivity index is 2.97. The summed E-state index contributed by atoms with van der Waals surface area (Å²) in [5.41, 5.74) is 0. The van der Waals surface area contributed by atoms with Gasteiger partial charge in [-0.05, 0) is 24.6 Å². The maximum Gasteiger partial charge on any atom is 0.321 e. The van der Waals surface area contributed by atoms with Crippen LogP contribution >= 0.6 is 23.2 Å². The summed E-state index contributed by atoms with van der Waals surface area (Å²) >= 11 is 11.5. The Hall–Kier alpha value is -0.820. The predicted molar refractivity (Wildman–Crippen MR) is 77.7 cm³/mol. The molecule has 0 radical (unpaired) electrons. The number of rotatable bonds is 7. The second kappa shape index (κ2) is 7.26. The van der Waals surface area contributed by atoms with Gasteiger partial charge in [0.15, 0.2) is 0 Å². The van der Waals surface area contributed by atoms with Crippen LogP contribution in [0.2, 0.25) is 10.0 Å². The molecule has 5 nitrogen and oxygen atoms in total. The topological polar surface area (TPSA) is 83.5 Å². The van der Waals surface area contributed by atoms with Gasteiger partial charge < -0.3 is 5.11 Å². The molecule has 0 heterocycles. The zero-order valence-electron chi connectivity index (χ0n) is 10.8. The first-order valence-electron chi connectivity index (χ1n) is 5.98. The van der Waals surface area contributed by atoms with Gasteiger partial charge in [0.05, 0.1) is 14.9 Å². The zero-order valence-corrected chi connectivity index (χ0v) is 13.1. The van der Waals surface area contributed by atoms with Crippen LogP contribution in [0.15, 0.2) is 23.1 Å². The maximum atomic E-state index is 12.1. The molecule has 0 amide bonds. The third kappa shape index (κ3) is 4.63. The monoisotopic (exact) mass is 339 g/mol. The van der Waals surface area contributed by atoms with Gasteiger partial charge in [0.25, 0.3) is 0 Å². The lowest BCUT2D eigenvalue weighted by Gasteiger charge is -2.14. The average Bonchev–Trinajstić information content (AvgIpc) is 2.37. The second-order valence-corrected chi connectivity index (χ2v) is 6.76. The van der Waals surface area contributed by atoms with Gasteiger partial charge in [0, 0.05) is 0 Å². The van der Waals surface area contributed by atoms with Crippen molar-refractivity contribution in [1.29, 1.82) is 0 Å². The minimum absolute atomic E-state index is 0.0926. The summed E-state index contributed by atoms with van der Waals surface area (Å²) in [5.74, 6) is -1.21. The second-order valence-electron chi connectivity index (χ2n) is 4.23. The molecule has 0 aliphatic rings. The van der Waals surface area contributed by atoms with Crippen molar-refractivity contribution in [2.45, 2.75) is 37.1 Å². The number of nitrogens with one attached hydrogen (secondary N) is 1. The Morgan fingerprint density at radius 3 is 2.50 bits per heavy atom. The van der Waals surface area contributed by atoms with E-state index in [0.717, 1.165) is 6.42 Å². The number of carboxylic acids is 1. The number of benzene rings is 1. The first kappa shape index (κ1) is 17.2. The molecule has 8 heteroatoms. The molecule has 0 saturated carbocycles. The lowest BCUT2D eigenvalue weighted by molar-refractivity contribution is -0.139. The summed E-state index contributed by atoms with van der Waals surface area (Å²) in [6.07, 6.45) is 1.62. The van der Waals surface area contributed by atoms with Crippen LogP contribution in [0.1, 0.15) is 26.2 Å². The van der Waals surface area contributed by atoms with E-state index in [4.69, 9.17) is 28.3 Å². The maximum absolute atomic E-state index is 12.1. The van der Waals surface area contributed by atoms with E-state index in [0.29, 0.717) is 6.42 Å². The fourth-order valence-electron chi connectivity index (χ4n) is 1.54. The summed E-state index contributed by atoms with van der Waals surface area (Å²) in [5, 5.41) is 9.36. The molecule has 0 unspecified atom stereocenters. The Morgan fingerprint density at radius 2 is 2.00 bits per heavy atom. The van der Waals surface area contributed by atoms with E-state index in [1.165, 1.54) is 18.2 Å². The summed E-state index contributed by atoms with van der Waals surface area (Å²) in [6.45, 7) is 1.90. The first-order valence-corrected chi connectivity index (χ1v) is 8.22. The van der Waals surface area contributed by atoms with E-state index in [2.05, 4.69) is 4.72 Å². The average molecular weight is 340 g/mol. The molecule has 0 bridgehead atoms. The van der Waals surface area contributed by atoms with Crippen LogP contribution < -0.4 is 4.72 Å². The fourth-order valence-corrected chi connectivity index (χ4v) is 3.15. The highest BCUT2D eigenvalue weighted by molar-refractivity contribution is 7.89. The lowest BCUT2D eigenvalue weighted by Crippen LogP contribution is -2.40. The Kier molecular flexibility index (Phi) is 6.26. The van der Waals surface area contributed by atoms with Gasteiger partial charge in [-0.25, -0.2) is 8.42 Å². The molecule has 0 saturated heterocycles. The van der Waals surface area contributed by atoms with Crippen molar-refractivity contribution in [3.63, 3.8) is 0 Å². The molecule has 1 rings (SSSR count). The molecule has 2 N–H and O–H groups in total. The van der Waals surface area contributed by atoms with Crippen LogP contribution in [0.3, 0.4) is 0 Å². The predicted octanol–water partition coefficient (Wildman–Crippen LogP) is 2.92. The van der Waals surface area contributed by atoms with E-state index >= 15 is 0 Å². The van der Waals surface area contributed by atoms with Gasteiger partial charge in [-0.1, -0.05) is 43.0 Å². The van der Waals surface area contributed by atoms with Crippen LogP contribution in [0.5, 0.6) is 0 Å². The number of hydrogen-bond acceptors (Lipinski definition) is 3. The van der Waals surface area contributed by atoms with E-state index in [-0.39, 0.29) is 21.4 Å². The third-order valence-electron chi connectivity index (χ3n) is 2.64. The lowest BCUT2D eigenvalue weighted by atomic mass is 10.1. The van der Waals surface area contributed by atoms with Crippen molar-refractivity contribution in [1.82, 2.24) is 4.72 Å². The standard InChI is InChI=1S/C12H15Cl2NO4S/c1-2-3-4-11(12(16)17)15-20(18,19)8-5-6-9(13)10(14)7-8/h5-7,11,15H,2-4H2,1H3,(H,16,17)/t11-/m0/s1. The summed E-state index contributed by atoms with van der Waals surface area (Å²) in [6, 6.07) is 2.65. The van der Waals surface area contributed by atoms with Crippen LogP contribution in [-0.4, -0.2) is 25.5 Å². The SMILES string of the molecule is CCCC[C@H](NS(=O)(=O)c1ccc(Cl)c(Cl)c1)C(=O)O. The molecule has 20 heavy (non-hydrogen) atoms. The largest absolute Gasteiger partial charge is 0.480 e. The van der Waals surface area contributed by atoms with Gasteiger partial charge in [-0.3, -0.25) is 4.79 Å². The molecule has 0 spiro atoms. The summed E-state index contributed by atoms with van der Waals surface area (Å²) in [7, 11) is -3.95. The highest BCUT2D eigenvalue weighted by Crippen LogP contribution is 2.25. The molecule has 0 aliphatic heterocycles. The Bertz CT molecular complexity index is 589. The molecular formula is C12H15Cl2NO4S. The molecular weight excluding hydrogens is 325 g/mol. The zero-order chi connectivity index (χ0) is 15.3. The first-order chi connectivity index (χ1) is 9.27. The molecule has 112 valence electrons. The quantitative estimate of drug-likeness (QED) is 0.799. The smallest absolute Gasteiger partial charge is 0.321 e. The van der Waals surface area contributed by atoms with Crippen LogP contribution in [0.25, 0.3) is 0 Å². The van der Waals surface area contributed by atoms with Crippen molar-refractivity contribution in [3.8, 4) is 0 Å². The summed E-state index contributed by atoms with van der Waals surface area (Å²) in [4.78, 5) is 10.9. The van der Waals surface area contributed by atoms with Gasteiger partial charge in [-0.2, -0.15) is 4.72 Å². The van der Waals surface area contributed by atoms with Gasteiger partial charge >= 0.3 is 5.97 Å². The van der Waals surface area contributed by atoms with Gasteiger partial charge in [-0.15, -0.1) is 0 Å². The highest BCUT2D eigenvalue weighted by atomic mass is 35.5. The van der Waals surface area contributed by atoms with Gasteiger partial charge in [0.2, 0.25) is 10.0 Å². The normalized spacial score (nSPS) is 13.2. The van der Waals surface area contributed by atoms with Crippen molar-refractivity contribution in [2.24, 2.45) is 0 Å². The molecule has 0 aliphatic carbocycles. The molecule has 1 aromatic rings. The number of unbranched alkanes of at least 4 members (excludes halogenated alkanes) is 1. The van der Waals surface area contributed by atoms with E-state index in [1.807, 2.05) is 6.92 Å². The van der Waals surface area contributed by atoms with Crippen molar-refractivity contribution < 1.29 is 18.3 Å². The van der Waals surface area contributed by atoms with E-state index in [9.17, 15) is 13.2 Å². The number of aliphatic carboxylic acids is 1. The molecule has 1 atom stereocenters. The molecule has 0 fully saturated rings. The van der Waals surface area contributed by atoms with Gasteiger partial charge in [0.1, 0.15) is 6.04 Å². The number of carbonyl (C=O) groups is 1. The summed E-state index contributed by atoms with van der Waals surface area (Å²) < 4.78 is 26.4. The van der Waals surface area contributed by atoms with Crippen LogP contribution in [-0.2, 0) is 14.8 Å². The number of halogens is 2. The number of hydrogen-bond donors (Lipinski definition) is 2. The van der Waals surface area contributed by atoms with E-state index < -0.39 is 22.0 Å². The number of carboxylic acid groups (broad SMARTS) is 1. The molecule has 1 aromatic carbocycles. The van der Waals surface area contributed by atoms with Crippen molar-refractivity contribution in [3.05, 3.63) is 28.2 Å². The van der Waals surface area contributed by atoms with Crippen LogP contribution in [0.4, 0.5) is 0 Å². The third-order valence-corrected chi connectivity index (χ3v) is 4.85. The van der Waals surface area contributed by atoms with Crippen LogP contribution in [0, 0.1) is 0 Å². The molecule has 0 aromatic heterocycles. The Labute approximate surface area is 127 Å². The highest BCUT2D eigenvalue weighted by Gasteiger charge is 2.25. The van der Waals surface area contributed by atoms with Crippen molar-refractivity contribution in [2.75, 3.05) is 0 Å². The Morgan fingerprint density at radius 1 is 1.35 bits per heavy atom. The van der Waals surface area contributed by atoms with E-state index in [1.54, 1.807) is 0 Å². The van der Waals surface area contributed by atoms with Crippen molar-refractivity contribution >= 4 is 39.2 Å². The minimum atomic E-state index is -3.95.